The highest BCUT2D eigenvalue weighted by molar-refractivity contribution is 6.73. The SMILES string of the molecule is N#Cc1c(-c2ccccc2)nc(NN=Cc2ccc([B-](F)(F)F)cc2)[nH]c1=O. The van der Waals surface area contributed by atoms with Crippen LogP contribution in [0.4, 0.5) is 18.9 Å². The van der Waals surface area contributed by atoms with Crippen molar-refractivity contribution in [2.24, 2.45) is 5.10 Å². The Kier molecular flexibility index (Phi) is 5.26. The largest absolute Gasteiger partial charge is 0.509 e. The number of hydrogen-bond acceptors (Lipinski definition) is 5. The molecule has 28 heavy (non-hydrogen) atoms. The van der Waals surface area contributed by atoms with E-state index in [4.69, 9.17) is 0 Å². The lowest BCUT2D eigenvalue weighted by Gasteiger charge is -2.14. The summed E-state index contributed by atoms with van der Waals surface area (Å²) >= 11 is 0. The van der Waals surface area contributed by atoms with E-state index in [-0.39, 0.29) is 17.2 Å². The fourth-order valence-electron chi connectivity index (χ4n) is 2.40. The number of aromatic amines is 1. The maximum atomic E-state index is 12.6. The van der Waals surface area contributed by atoms with E-state index < -0.39 is 18.0 Å². The molecule has 1 heterocycles. The fourth-order valence-corrected chi connectivity index (χ4v) is 2.40. The third kappa shape index (κ3) is 4.27. The lowest BCUT2D eigenvalue weighted by atomic mass is 9.80. The number of nitrogens with zero attached hydrogens (tertiary/aromatic N) is 3. The van der Waals surface area contributed by atoms with Crippen molar-refractivity contribution in [2.75, 3.05) is 5.43 Å². The molecule has 6 nitrogen and oxygen atoms in total. The van der Waals surface area contributed by atoms with E-state index in [9.17, 15) is 23.0 Å². The van der Waals surface area contributed by atoms with Gasteiger partial charge in [0.05, 0.1) is 11.9 Å². The van der Waals surface area contributed by atoms with Crippen molar-refractivity contribution in [3.63, 3.8) is 0 Å². The van der Waals surface area contributed by atoms with E-state index in [2.05, 4.69) is 20.5 Å². The molecule has 2 N–H and O–H groups in total. The molecule has 0 bridgehead atoms. The van der Waals surface area contributed by atoms with Gasteiger partial charge in [-0.3, -0.25) is 9.78 Å². The number of benzene rings is 2. The van der Waals surface area contributed by atoms with Crippen molar-refractivity contribution in [3.05, 3.63) is 76.1 Å². The van der Waals surface area contributed by atoms with Crippen LogP contribution >= 0.6 is 0 Å². The van der Waals surface area contributed by atoms with E-state index in [1.807, 2.05) is 6.07 Å². The van der Waals surface area contributed by atoms with Crippen molar-refractivity contribution in [2.45, 2.75) is 0 Å². The highest BCUT2D eigenvalue weighted by atomic mass is 19.4. The summed E-state index contributed by atoms with van der Waals surface area (Å²) in [6, 6.07) is 15.0. The number of anilines is 1. The standard InChI is InChI=1S/C18H12BF3N5O/c20-19(21,22)14-8-6-12(7-9-14)11-24-27-18-25-16(13-4-2-1-3-5-13)15(10-23)17(28)26-18/h1-9,11H,(H2,25,26,27,28)/q-1. The van der Waals surface area contributed by atoms with Crippen LogP contribution in [0.1, 0.15) is 11.1 Å². The molecule has 0 amide bonds. The Morgan fingerprint density at radius 2 is 1.79 bits per heavy atom. The van der Waals surface area contributed by atoms with Crippen molar-refractivity contribution >= 4 is 24.6 Å². The third-order valence-electron chi connectivity index (χ3n) is 3.78. The Morgan fingerprint density at radius 1 is 1.11 bits per heavy atom. The van der Waals surface area contributed by atoms with Gasteiger partial charge < -0.3 is 12.9 Å². The van der Waals surface area contributed by atoms with Crippen molar-refractivity contribution in [1.82, 2.24) is 9.97 Å². The van der Waals surface area contributed by atoms with Gasteiger partial charge in [0, 0.05) is 5.56 Å². The zero-order valence-corrected chi connectivity index (χ0v) is 14.2. The summed E-state index contributed by atoms with van der Waals surface area (Å²) in [5.74, 6) is -0.00523. The van der Waals surface area contributed by atoms with Crippen LogP contribution in [0.2, 0.25) is 0 Å². The van der Waals surface area contributed by atoms with E-state index >= 15 is 0 Å². The quantitative estimate of drug-likeness (QED) is 0.403. The summed E-state index contributed by atoms with van der Waals surface area (Å²) in [6.45, 7) is -5.05. The molecule has 3 rings (SSSR count). The Balaban J connectivity index is 1.83. The molecule has 0 aliphatic rings. The van der Waals surface area contributed by atoms with Crippen molar-refractivity contribution < 1.29 is 12.9 Å². The molecule has 2 aromatic carbocycles. The first kappa shape index (κ1) is 18.9. The number of hydrazone groups is 1. The Morgan fingerprint density at radius 3 is 2.39 bits per heavy atom. The molecule has 0 saturated carbocycles. The summed E-state index contributed by atoms with van der Waals surface area (Å²) in [5.41, 5.74) is 2.26. The van der Waals surface area contributed by atoms with Crippen LogP contribution in [0.3, 0.4) is 0 Å². The van der Waals surface area contributed by atoms with Gasteiger partial charge in [0.2, 0.25) is 5.95 Å². The third-order valence-corrected chi connectivity index (χ3v) is 3.78. The first-order chi connectivity index (χ1) is 13.4. The smallest absolute Gasteiger partial charge is 0.445 e. The van der Waals surface area contributed by atoms with Crippen LogP contribution in [0.5, 0.6) is 0 Å². The second kappa shape index (κ2) is 7.79. The van der Waals surface area contributed by atoms with Gasteiger partial charge in [-0.1, -0.05) is 54.6 Å². The molecule has 3 aromatic rings. The number of rotatable bonds is 5. The second-order valence-electron chi connectivity index (χ2n) is 5.73. The number of hydrogen-bond donors (Lipinski definition) is 2. The van der Waals surface area contributed by atoms with Gasteiger partial charge in [0.15, 0.2) is 0 Å². The molecule has 0 radical (unpaired) electrons. The van der Waals surface area contributed by atoms with E-state index in [0.29, 0.717) is 11.1 Å². The summed E-state index contributed by atoms with van der Waals surface area (Å²) in [6.07, 6.45) is 1.29. The van der Waals surface area contributed by atoms with E-state index in [0.717, 1.165) is 12.1 Å². The number of nitrogens with one attached hydrogen (secondary N) is 2. The van der Waals surface area contributed by atoms with Crippen LogP contribution in [0.15, 0.2) is 64.5 Å². The van der Waals surface area contributed by atoms with Gasteiger partial charge in [0.25, 0.3) is 5.56 Å². The summed E-state index contributed by atoms with van der Waals surface area (Å²) in [5, 5.41) is 13.1. The van der Waals surface area contributed by atoms with Gasteiger partial charge in [-0.05, 0) is 5.56 Å². The Labute approximate surface area is 157 Å². The number of aromatic nitrogens is 2. The number of halogens is 3. The normalized spacial score (nSPS) is 11.4. The summed E-state index contributed by atoms with van der Waals surface area (Å²) in [4.78, 5) is 18.7. The summed E-state index contributed by atoms with van der Waals surface area (Å²) < 4.78 is 37.9. The average molecular weight is 382 g/mol. The zero-order valence-electron chi connectivity index (χ0n) is 14.2. The molecule has 0 unspecified atom stereocenters. The van der Waals surface area contributed by atoms with Gasteiger partial charge in [-0.2, -0.15) is 10.4 Å². The molecule has 0 fully saturated rings. The van der Waals surface area contributed by atoms with Crippen LogP contribution in [0.25, 0.3) is 11.3 Å². The first-order valence-corrected chi connectivity index (χ1v) is 8.07. The maximum absolute atomic E-state index is 12.6. The second-order valence-corrected chi connectivity index (χ2v) is 5.73. The number of nitriles is 1. The van der Waals surface area contributed by atoms with E-state index in [1.54, 1.807) is 30.3 Å². The van der Waals surface area contributed by atoms with Crippen LogP contribution < -0.4 is 16.4 Å². The predicted octanol–water partition coefficient (Wildman–Crippen LogP) is 2.81. The Bertz CT molecular complexity index is 1100. The molecular weight excluding hydrogens is 370 g/mol. The van der Waals surface area contributed by atoms with Crippen molar-refractivity contribution in [1.29, 1.82) is 5.26 Å². The van der Waals surface area contributed by atoms with Crippen molar-refractivity contribution in [3.8, 4) is 17.3 Å². The molecule has 0 atom stereocenters. The van der Waals surface area contributed by atoms with Gasteiger partial charge in [-0.25, -0.2) is 10.4 Å². The first-order valence-electron chi connectivity index (χ1n) is 8.07. The Hall–Kier alpha value is -3.87. The molecule has 0 spiro atoms. The van der Waals surface area contributed by atoms with Crippen LogP contribution in [0, 0.1) is 11.3 Å². The van der Waals surface area contributed by atoms with E-state index in [1.165, 1.54) is 18.3 Å². The lowest BCUT2D eigenvalue weighted by Crippen LogP contribution is -2.33. The highest BCUT2D eigenvalue weighted by Gasteiger charge is 2.24. The lowest BCUT2D eigenvalue weighted by molar-refractivity contribution is 0.501. The van der Waals surface area contributed by atoms with Crippen LogP contribution in [-0.4, -0.2) is 23.2 Å². The van der Waals surface area contributed by atoms with Gasteiger partial charge >= 0.3 is 6.98 Å². The molecule has 0 saturated heterocycles. The van der Waals surface area contributed by atoms with Crippen LogP contribution in [-0.2, 0) is 0 Å². The minimum atomic E-state index is -5.05. The average Bonchev–Trinajstić information content (AvgIpc) is 2.68. The molecular formula is C18H12BF3N5O-. The summed E-state index contributed by atoms with van der Waals surface area (Å²) in [7, 11) is 0. The highest BCUT2D eigenvalue weighted by Crippen LogP contribution is 2.19. The predicted molar refractivity (Wildman–Crippen MR) is 101 cm³/mol. The molecule has 0 aliphatic carbocycles. The van der Waals surface area contributed by atoms with Gasteiger partial charge in [-0.15, -0.1) is 5.46 Å². The topological polar surface area (TPSA) is 93.9 Å². The fraction of sp³-hybridized carbons (Fsp3) is 0. The molecule has 1 aromatic heterocycles. The minimum Gasteiger partial charge on any atom is -0.445 e. The molecule has 0 aliphatic heterocycles. The monoisotopic (exact) mass is 382 g/mol. The van der Waals surface area contributed by atoms with Gasteiger partial charge in [0.1, 0.15) is 11.6 Å². The zero-order chi connectivity index (χ0) is 20.1. The molecule has 10 heteroatoms. The minimum absolute atomic E-state index is 0.00523. The molecule has 140 valence electrons. The number of H-pyrrole nitrogens is 1. The maximum Gasteiger partial charge on any atom is 0.509 e.